The van der Waals surface area contributed by atoms with E-state index in [1.165, 1.54) is 36.4 Å². The van der Waals surface area contributed by atoms with Crippen molar-refractivity contribution in [3.63, 3.8) is 0 Å². The van der Waals surface area contributed by atoms with Crippen molar-refractivity contribution in [2.45, 2.75) is 53.5 Å². The van der Waals surface area contributed by atoms with Gasteiger partial charge in [-0.2, -0.15) is 26.3 Å². The molecule has 0 bridgehead atoms. The van der Waals surface area contributed by atoms with Crippen LogP contribution in [0.4, 0.5) is 26.3 Å². The van der Waals surface area contributed by atoms with Gasteiger partial charge < -0.3 is 4.74 Å². The molecule has 1 aliphatic carbocycles. The van der Waals surface area contributed by atoms with Gasteiger partial charge in [0.05, 0.1) is 11.5 Å². The second-order valence-corrected chi connectivity index (χ2v) is 11.5. The molecule has 0 N–H and O–H groups in total. The third-order valence-corrected chi connectivity index (χ3v) is 9.41. The molecule has 1 atom stereocenters. The number of ether oxygens (including phenoxy) is 1. The summed E-state index contributed by atoms with van der Waals surface area (Å²) in [5.41, 5.74) is -4.98. The fraction of sp³-hybridized carbons (Fsp3) is 0.286. The van der Waals surface area contributed by atoms with E-state index in [1.807, 2.05) is 0 Å². The monoisotopic (exact) mass is 554 g/mol. The molecule has 0 aromatic heterocycles. The lowest BCUT2D eigenvalue weighted by Gasteiger charge is -2.38. The summed E-state index contributed by atoms with van der Waals surface area (Å²) >= 11 is 0. The maximum Gasteiger partial charge on any atom is 0.430 e. The first-order valence-corrected chi connectivity index (χ1v) is 13.1. The predicted molar refractivity (Wildman–Crippen MR) is 130 cm³/mol. The minimum absolute atomic E-state index is 0.00222. The molecule has 1 saturated carbocycles. The van der Waals surface area contributed by atoms with Gasteiger partial charge in [0.15, 0.2) is 9.84 Å². The van der Waals surface area contributed by atoms with Crippen LogP contribution in [0.3, 0.4) is 0 Å². The smallest absolute Gasteiger partial charge is 0.349 e. The summed E-state index contributed by atoms with van der Waals surface area (Å²) < 4.78 is 116. The van der Waals surface area contributed by atoms with E-state index in [4.69, 9.17) is 4.74 Å². The molecule has 10 heteroatoms. The van der Waals surface area contributed by atoms with Crippen molar-refractivity contribution in [2.75, 3.05) is 0 Å². The molecule has 1 aliphatic rings. The van der Waals surface area contributed by atoms with Crippen LogP contribution in [0.5, 0.6) is 0 Å². The third-order valence-electron chi connectivity index (χ3n) is 6.90. The van der Waals surface area contributed by atoms with Gasteiger partial charge in [-0.15, -0.1) is 0 Å². The summed E-state index contributed by atoms with van der Waals surface area (Å²) in [5.74, 6) is 0. The summed E-state index contributed by atoms with van der Waals surface area (Å²) in [4.78, 5) is 0.00454. The summed E-state index contributed by atoms with van der Waals surface area (Å²) in [6.07, 6.45) is -11.3. The molecule has 1 unspecified atom stereocenters. The quantitative estimate of drug-likeness (QED) is 0.223. The van der Waals surface area contributed by atoms with Gasteiger partial charge in [0.25, 0.3) is 5.60 Å². The highest BCUT2D eigenvalue weighted by Gasteiger charge is 2.73. The number of halogens is 6. The van der Waals surface area contributed by atoms with Gasteiger partial charge in [-0.1, -0.05) is 84.9 Å². The first kappa shape index (κ1) is 27.9. The number of alkyl halides is 6. The molecular formula is C28H24F6O3S. The standard InChI is InChI=1S/C28H24F6O3S/c1-20-16-17-25(18-20,38(35,36)24-10-6-3-7-11-24)22-12-14-23(15-13-22)26(27(29,30)31,28(32,33)34)37-19-21-8-4-2-5-9-21/h2-15H,1,16-19H2. The largest absolute Gasteiger partial charge is 0.430 e. The molecule has 3 nitrogen and oxygen atoms in total. The normalized spacial score (nSPS) is 19.1. The van der Waals surface area contributed by atoms with Crippen LogP contribution in [0.2, 0.25) is 0 Å². The van der Waals surface area contributed by atoms with Gasteiger partial charge in [-0.3, -0.25) is 0 Å². The Kier molecular flexibility index (Phi) is 7.26. The second-order valence-electron chi connectivity index (χ2n) is 9.27. The SMILES string of the molecule is C=C1CCC(c2ccc(C(OCc3ccccc3)(C(F)(F)F)C(F)(F)F)cc2)(S(=O)(=O)c2ccccc2)C1. The van der Waals surface area contributed by atoms with Crippen molar-refractivity contribution in [1.29, 1.82) is 0 Å². The lowest BCUT2D eigenvalue weighted by Crippen LogP contribution is -2.55. The lowest BCUT2D eigenvalue weighted by molar-refractivity contribution is -0.392. The van der Waals surface area contributed by atoms with Crippen LogP contribution in [0.25, 0.3) is 0 Å². The van der Waals surface area contributed by atoms with E-state index in [9.17, 15) is 34.8 Å². The van der Waals surface area contributed by atoms with Gasteiger partial charge in [0.1, 0.15) is 4.75 Å². The van der Waals surface area contributed by atoms with E-state index in [0.717, 1.165) is 12.1 Å². The van der Waals surface area contributed by atoms with Crippen molar-refractivity contribution >= 4 is 9.84 Å². The zero-order valence-electron chi connectivity index (χ0n) is 20.0. The highest BCUT2D eigenvalue weighted by molar-refractivity contribution is 7.92. The fourth-order valence-electron chi connectivity index (χ4n) is 4.93. The number of benzene rings is 3. The van der Waals surface area contributed by atoms with Gasteiger partial charge in [-0.05, 0) is 42.5 Å². The van der Waals surface area contributed by atoms with E-state index in [2.05, 4.69) is 6.58 Å². The Hall–Kier alpha value is -3.11. The maximum atomic E-state index is 14.2. The Balaban J connectivity index is 1.82. The van der Waals surface area contributed by atoms with Crippen LogP contribution in [-0.4, -0.2) is 20.8 Å². The average molecular weight is 555 g/mol. The minimum Gasteiger partial charge on any atom is -0.349 e. The van der Waals surface area contributed by atoms with Gasteiger partial charge in [0.2, 0.25) is 0 Å². The zero-order valence-corrected chi connectivity index (χ0v) is 20.8. The number of rotatable bonds is 7. The van der Waals surface area contributed by atoms with Crippen LogP contribution >= 0.6 is 0 Å². The molecule has 0 aliphatic heterocycles. The molecule has 38 heavy (non-hydrogen) atoms. The number of allylic oxidation sites excluding steroid dienone is 1. The Morgan fingerprint density at radius 3 is 1.79 bits per heavy atom. The lowest BCUT2D eigenvalue weighted by atomic mass is 9.88. The van der Waals surface area contributed by atoms with Gasteiger partial charge >= 0.3 is 12.4 Å². The predicted octanol–water partition coefficient (Wildman–Crippen LogP) is 7.63. The van der Waals surface area contributed by atoms with Crippen LogP contribution in [0.15, 0.2) is 102 Å². The minimum atomic E-state index is -5.86. The number of hydrogen-bond acceptors (Lipinski definition) is 3. The van der Waals surface area contributed by atoms with Crippen molar-refractivity contribution in [3.8, 4) is 0 Å². The van der Waals surface area contributed by atoms with Crippen LogP contribution in [-0.2, 0) is 31.5 Å². The zero-order chi connectivity index (χ0) is 27.8. The Morgan fingerprint density at radius 1 is 0.789 bits per heavy atom. The second kappa shape index (κ2) is 9.89. The van der Waals surface area contributed by atoms with Crippen molar-refractivity contribution in [3.05, 3.63) is 114 Å². The molecule has 0 saturated heterocycles. The molecule has 4 rings (SSSR count). The van der Waals surface area contributed by atoms with Crippen molar-refractivity contribution in [2.24, 2.45) is 0 Å². The highest BCUT2D eigenvalue weighted by atomic mass is 32.2. The highest BCUT2D eigenvalue weighted by Crippen LogP contribution is 2.55. The first-order valence-electron chi connectivity index (χ1n) is 11.6. The molecule has 1 fully saturated rings. The van der Waals surface area contributed by atoms with E-state index in [1.54, 1.807) is 24.3 Å². The van der Waals surface area contributed by atoms with Gasteiger partial charge in [-0.25, -0.2) is 8.42 Å². The Labute approximate surface area is 216 Å². The summed E-state index contributed by atoms with van der Waals surface area (Å²) in [5, 5.41) is 0. The summed E-state index contributed by atoms with van der Waals surface area (Å²) in [7, 11) is -4.07. The number of sulfone groups is 1. The van der Waals surface area contributed by atoms with Crippen molar-refractivity contribution < 1.29 is 39.5 Å². The van der Waals surface area contributed by atoms with E-state index in [-0.39, 0.29) is 28.9 Å². The van der Waals surface area contributed by atoms with Crippen molar-refractivity contribution in [1.82, 2.24) is 0 Å². The molecule has 0 spiro atoms. The molecule has 0 heterocycles. The molecule has 3 aromatic carbocycles. The Bertz CT molecular complexity index is 1370. The van der Waals surface area contributed by atoms with E-state index in [0.29, 0.717) is 24.1 Å². The fourth-order valence-corrected chi connectivity index (χ4v) is 7.10. The van der Waals surface area contributed by atoms with Crippen LogP contribution < -0.4 is 0 Å². The average Bonchev–Trinajstić information content (AvgIpc) is 3.28. The first-order chi connectivity index (χ1) is 17.7. The summed E-state index contributed by atoms with van der Waals surface area (Å²) in [6.45, 7) is 2.92. The molecule has 0 radical (unpaired) electrons. The molecular weight excluding hydrogens is 530 g/mol. The third kappa shape index (κ3) is 4.64. The van der Waals surface area contributed by atoms with Crippen LogP contribution in [0.1, 0.15) is 36.0 Å². The van der Waals surface area contributed by atoms with E-state index < -0.39 is 44.7 Å². The molecule has 202 valence electrons. The maximum absolute atomic E-state index is 14.2. The molecule has 3 aromatic rings. The number of hydrogen-bond donors (Lipinski definition) is 0. The van der Waals surface area contributed by atoms with Crippen LogP contribution in [0, 0.1) is 0 Å². The molecule has 0 amide bonds. The summed E-state index contributed by atoms with van der Waals surface area (Å²) in [6, 6.07) is 18.1. The topological polar surface area (TPSA) is 43.4 Å². The van der Waals surface area contributed by atoms with E-state index >= 15 is 0 Å². The van der Waals surface area contributed by atoms with Gasteiger partial charge in [0, 0.05) is 5.56 Å². The Morgan fingerprint density at radius 2 is 1.32 bits per heavy atom.